The molecule has 1 saturated heterocycles. The lowest BCUT2D eigenvalue weighted by atomic mass is 10.1. The highest BCUT2D eigenvalue weighted by Gasteiger charge is 2.34. The minimum Gasteiger partial charge on any atom is -0.326 e. The smallest absolute Gasteiger partial charge is 0.169 e. The van der Waals surface area contributed by atoms with E-state index in [2.05, 4.69) is 10.1 Å². The summed E-state index contributed by atoms with van der Waals surface area (Å²) >= 11 is 0. The summed E-state index contributed by atoms with van der Waals surface area (Å²) < 4.78 is 25.9. The van der Waals surface area contributed by atoms with Gasteiger partial charge in [-0.3, -0.25) is 0 Å². The van der Waals surface area contributed by atoms with Crippen molar-refractivity contribution in [3.63, 3.8) is 0 Å². The molecule has 0 amide bonds. The second-order valence-electron chi connectivity index (χ2n) is 5.22. The Morgan fingerprint density at radius 2 is 2.11 bits per heavy atom. The average Bonchev–Trinajstić information content (AvgIpc) is 2.70. The van der Waals surface area contributed by atoms with Gasteiger partial charge in [0.25, 0.3) is 0 Å². The Labute approximate surface area is 106 Å². The van der Waals surface area contributed by atoms with Gasteiger partial charge in [-0.05, 0) is 19.3 Å². The lowest BCUT2D eigenvalue weighted by Gasteiger charge is -2.19. The molecule has 7 heteroatoms. The van der Waals surface area contributed by atoms with Gasteiger partial charge < -0.3 is 5.73 Å². The highest BCUT2D eigenvalue weighted by molar-refractivity contribution is 7.91. The summed E-state index contributed by atoms with van der Waals surface area (Å²) in [5.74, 6) is 1.63. The number of hydrogen-bond donors (Lipinski definition) is 1. The molecule has 0 saturated carbocycles. The van der Waals surface area contributed by atoms with Crippen LogP contribution in [0.5, 0.6) is 0 Å². The highest BCUT2D eigenvalue weighted by atomic mass is 32.2. The van der Waals surface area contributed by atoms with Crippen molar-refractivity contribution in [2.24, 2.45) is 5.73 Å². The van der Waals surface area contributed by atoms with E-state index in [9.17, 15) is 8.42 Å². The standard InChI is InChI=1S/C11H18N4O2S/c12-8-4-5-10-13-11(14-15(10)7-8)9-3-1-2-6-18(9,16)17/h8-9H,1-7,12H2. The Kier molecular flexibility index (Phi) is 2.90. The molecule has 2 N–H and O–H groups in total. The molecule has 2 aliphatic heterocycles. The maximum Gasteiger partial charge on any atom is 0.169 e. The fourth-order valence-corrected chi connectivity index (χ4v) is 4.57. The molecule has 2 unspecified atom stereocenters. The van der Waals surface area contributed by atoms with Crippen molar-refractivity contribution < 1.29 is 8.42 Å². The van der Waals surface area contributed by atoms with Crippen molar-refractivity contribution in [2.45, 2.75) is 49.9 Å². The van der Waals surface area contributed by atoms with Gasteiger partial charge in [0, 0.05) is 12.5 Å². The van der Waals surface area contributed by atoms with Crippen LogP contribution < -0.4 is 5.73 Å². The molecule has 6 nitrogen and oxygen atoms in total. The van der Waals surface area contributed by atoms with Gasteiger partial charge in [0.1, 0.15) is 11.1 Å². The van der Waals surface area contributed by atoms with Crippen LogP contribution >= 0.6 is 0 Å². The number of aryl methyl sites for hydroxylation is 1. The fraction of sp³-hybridized carbons (Fsp3) is 0.818. The summed E-state index contributed by atoms with van der Waals surface area (Å²) in [5, 5.41) is 3.87. The summed E-state index contributed by atoms with van der Waals surface area (Å²) in [6, 6.07) is 0.106. The molecule has 3 rings (SSSR count). The molecule has 0 aliphatic carbocycles. The molecular formula is C11H18N4O2S. The van der Waals surface area contributed by atoms with Crippen molar-refractivity contribution in [3.8, 4) is 0 Å². The molecule has 1 aromatic rings. The fourth-order valence-electron chi connectivity index (χ4n) is 2.73. The zero-order chi connectivity index (χ0) is 12.8. The number of nitrogens with two attached hydrogens (primary N) is 1. The molecule has 100 valence electrons. The molecule has 0 radical (unpaired) electrons. The maximum absolute atomic E-state index is 12.0. The molecule has 18 heavy (non-hydrogen) atoms. The third-order valence-electron chi connectivity index (χ3n) is 3.78. The predicted octanol–water partition coefficient (Wildman–Crippen LogP) is 0.191. The second-order valence-corrected chi connectivity index (χ2v) is 7.52. The Morgan fingerprint density at radius 1 is 1.28 bits per heavy atom. The lowest BCUT2D eigenvalue weighted by Crippen LogP contribution is -2.32. The summed E-state index contributed by atoms with van der Waals surface area (Å²) in [4.78, 5) is 4.42. The Bertz CT molecular complexity index is 551. The van der Waals surface area contributed by atoms with Gasteiger partial charge in [-0.1, -0.05) is 6.42 Å². The first-order valence-corrected chi connectivity index (χ1v) is 8.18. The largest absolute Gasteiger partial charge is 0.326 e. The van der Waals surface area contributed by atoms with Crippen molar-refractivity contribution in [1.82, 2.24) is 14.8 Å². The van der Waals surface area contributed by atoms with Gasteiger partial charge in [-0.2, -0.15) is 5.10 Å². The van der Waals surface area contributed by atoms with Crippen LogP contribution in [0.25, 0.3) is 0 Å². The van der Waals surface area contributed by atoms with E-state index < -0.39 is 15.1 Å². The zero-order valence-corrected chi connectivity index (χ0v) is 11.1. The van der Waals surface area contributed by atoms with Gasteiger partial charge in [-0.15, -0.1) is 0 Å². The third-order valence-corrected chi connectivity index (χ3v) is 5.95. The van der Waals surface area contributed by atoms with E-state index in [-0.39, 0.29) is 11.8 Å². The first kappa shape index (κ1) is 12.1. The third kappa shape index (κ3) is 2.05. The van der Waals surface area contributed by atoms with E-state index in [0.29, 0.717) is 18.8 Å². The SMILES string of the molecule is NC1CCc2nc(C3CCCCS3(=O)=O)nn2C1. The molecule has 3 heterocycles. The Balaban J connectivity index is 1.93. The number of aromatic nitrogens is 3. The van der Waals surface area contributed by atoms with Gasteiger partial charge in [0.2, 0.25) is 0 Å². The topological polar surface area (TPSA) is 90.9 Å². The quantitative estimate of drug-likeness (QED) is 0.786. The van der Waals surface area contributed by atoms with Gasteiger partial charge >= 0.3 is 0 Å². The van der Waals surface area contributed by atoms with Crippen LogP contribution in [0, 0.1) is 0 Å². The Morgan fingerprint density at radius 3 is 2.89 bits per heavy atom. The van der Waals surface area contributed by atoms with E-state index >= 15 is 0 Å². The molecule has 2 aliphatic rings. The van der Waals surface area contributed by atoms with Crippen molar-refractivity contribution in [2.75, 3.05) is 5.75 Å². The lowest BCUT2D eigenvalue weighted by molar-refractivity contribution is 0.420. The highest BCUT2D eigenvalue weighted by Crippen LogP contribution is 2.32. The van der Waals surface area contributed by atoms with Crippen LogP contribution in [-0.2, 0) is 22.8 Å². The van der Waals surface area contributed by atoms with Gasteiger partial charge in [0.15, 0.2) is 15.7 Å². The average molecular weight is 270 g/mol. The summed E-state index contributed by atoms with van der Waals surface area (Å²) in [7, 11) is -3.06. The monoisotopic (exact) mass is 270 g/mol. The number of sulfone groups is 1. The predicted molar refractivity (Wildman–Crippen MR) is 66.7 cm³/mol. The van der Waals surface area contributed by atoms with Crippen LogP contribution in [0.15, 0.2) is 0 Å². The zero-order valence-electron chi connectivity index (χ0n) is 10.2. The van der Waals surface area contributed by atoms with E-state index in [0.717, 1.165) is 31.5 Å². The first-order valence-electron chi connectivity index (χ1n) is 6.47. The number of nitrogens with zero attached hydrogens (tertiary/aromatic N) is 3. The van der Waals surface area contributed by atoms with Crippen LogP contribution in [-0.4, -0.2) is 35.0 Å². The molecule has 1 fully saturated rings. The second kappa shape index (κ2) is 4.31. The van der Waals surface area contributed by atoms with Crippen molar-refractivity contribution in [3.05, 3.63) is 11.6 Å². The minimum absolute atomic E-state index is 0.106. The molecule has 0 aromatic carbocycles. The number of rotatable bonds is 1. The van der Waals surface area contributed by atoms with Crippen molar-refractivity contribution in [1.29, 1.82) is 0 Å². The van der Waals surface area contributed by atoms with Crippen LogP contribution in [0.3, 0.4) is 0 Å². The maximum atomic E-state index is 12.0. The normalized spacial score (nSPS) is 30.9. The summed E-state index contributed by atoms with van der Waals surface area (Å²) in [6.45, 7) is 0.648. The van der Waals surface area contributed by atoms with E-state index in [1.54, 1.807) is 4.68 Å². The molecule has 0 spiro atoms. The van der Waals surface area contributed by atoms with E-state index in [1.165, 1.54) is 0 Å². The number of hydrogen-bond acceptors (Lipinski definition) is 5. The molecule has 2 atom stereocenters. The Hall–Kier alpha value is -0.950. The van der Waals surface area contributed by atoms with Crippen LogP contribution in [0.1, 0.15) is 42.6 Å². The van der Waals surface area contributed by atoms with Gasteiger partial charge in [-0.25, -0.2) is 18.1 Å². The molecule has 1 aromatic heterocycles. The first-order chi connectivity index (χ1) is 8.56. The van der Waals surface area contributed by atoms with Crippen LogP contribution in [0.4, 0.5) is 0 Å². The number of fused-ring (bicyclic) bond motifs is 1. The molecular weight excluding hydrogens is 252 g/mol. The van der Waals surface area contributed by atoms with Crippen molar-refractivity contribution >= 4 is 9.84 Å². The van der Waals surface area contributed by atoms with E-state index in [1.807, 2.05) is 0 Å². The van der Waals surface area contributed by atoms with Gasteiger partial charge in [0.05, 0.1) is 12.3 Å². The van der Waals surface area contributed by atoms with E-state index in [4.69, 9.17) is 5.73 Å². The molecule has 0 bridgehead atoms. The summed E-state index contributed by atoms with van der Waals surface area (Å²) in [5.41, 5.74) is 5.88. The summed E-state index contributed by atoms with van der Waals surface area (Å²) in [6.07, 6.45) is 4.04. The van der Waals surface area contributed by atoms with Crippen LogP contribution in [0.2, 0.25) is 0 Å². The minimum atomic E-state index is -3.06.